The number of likely N-dealkylation sites (N-methyl/N-ethyl adjacent to an activating group) is 1. The number of halogens is 7. The van der Waals surface area contributed by atoms with E-state index in [0.717, 1.165) is 24.3 Å². The van der Waals surface area contributed by atoms with Gasteiger partial charge in [0.05, 0.1) is 0 Å². The third kappa shape index (κ3) is 16.5. The number of urea groups is 2. The van der Waals surface area contributed by atoms with Gasteiger partial charge in [-0.2, -0.15) is 4.98 Å². The van der Waals surface area contributed by atoms with E-state index in [9.17, 15) is 41.0 Å². The molecule has 0 unspecified atom stereocenters. The van der Waals surface area contributed by atoms with E-state index < -0.39 is 43.3 Å². The summed E-state index contributed by atoms with van der Waals surface area (Å²) in [6.45, 7) is 6.15. The van der Waals surface area contributed by atoms with Crippen molar-refractivity contribution in [3.05, 3.63) is 77.2 Å². The fourth-order valence-corrected chi connectivity index (χ4v) is 4.09. The number of carbonyl (C=O) groups is 2. The molecule has 0 bridgehead atoms. The smallest absolute Gasteiger partial charge is 0.437 e. The first-order chi connectivity index (χ1) is 24.7. The van der Waals surface area contributed by atoms with Gasteiger partial charge in [0.1, 0.15) is 22.5 Å². The number of nitrogens with one attached hydrogen (secondary N) is 5. The Balaban J connectivity index is 0.000000295. The third-order valence-electron chi connectivity index (χ3n) is 6.23. The summed E-state index contributed by atoms with van der Waals surface area (Å²) < 4.78 is 80.1. The molecule has 0 radical (unpaired) electrons. The average molecular weight is 773 g/mol. The SMILES string of the molecule is CB(O)N(C)CCNc1cc(C)nc(NC(=O)Nc2ccc(OC(F)(F)F)cc2)n1.Cc1cc(Cl)nc(NC(=O)Nc2ccc(OC(F)(F)F)cc2)n1. The third-order valence-corrected chi connectivity index (χ3v) is 6.42. The number of amides is 4. The molecule has 0 atom stereocenters. The molecular formula is C30H32BClF6N10O5. The zero-order valence-electron chi connectivity index (χ0n) is 28.2. The molecular weight excluding hydrogens is 741 g/mol. The van der Waals surface area contributed by atoms with Gasteiger partial charge in [-0.25, -0.2) is 24.5 Å². The Morgan fingerprint density at radius 3 is 1.60 bits per heavy atom. The summed E-state index contributed by atoms with van der Waals surface area (Å²) in [6, 6.07) is 11.2. The number of nitrogens with zero attached hydrogens (tertiary/aromatic N) is 5. The Bertz CT molecular complexity index is 1800. The van der Waals surface area contributed by atoms with E-state index in [2.05, 4.69) is 56.0 Å². The van der Waals surface area contributed by atoms with Gasteiger partial charge in [-0.05, 0) is 82.3 Å². The summed E-state index contributed by atoms with van der Waals surface area (Å²) in [5, 5.41) is 22.4. The number of aromatic nitrogens is 4. The van der Waals surface area contributed by atoms with E-state index in [4.69, 9.17) is 11.6 Å². The number of ether oxygens (including phenoxy) is 2. The highest BCUT2D eigenvalue weighted by Gasteiger charge is 2.31. The molecule has 4 rings (SSSR count). The predicted octanol–water partition coefficient (Wildman–Crippen LogP) is 6.76. The van der Waals surface area contributed by atoms with Gasteiger partial charge < -0.3 is 35.3 Å². The highest BCUT2D eigenvalue weighted by Crippen LogP contribution is 2.25. The Labute approximate surface area is 303 Å². The molecule has 2 aromatic heterocycles. The van der Waals surface area contributed by atoms with Crippen LogP contribution in [0.1, 0.15) is 11.4 Å². The quantitative estimate of drug-likeness (QED) is 0.0537. The van der Waals surface area contributed by atoms with Crippen LogP contribution in [0.3, 0.4) is 0 Å². The van der Waals surface area contributed by atoms with E-state index >= 15 is 0 Å². The van der Waals surface area contributed by atoms with Crippen molar-refractivity contribution in [2.24, 2.45) is 0 Å². The number of rotatable bonds is 11. The van der Waals surface area contributed by atoms with E-state index in [0.29, 0.717) is 30.3 Å². The minimum atomic E-state index is -4.79. The molecule has 23 heteroatoms. The maximum Gasteiger partial charge on any atom is 0.573 e. The van der Waals surface area contributed by atoms with Crippen molar-refractivity contribution in [3.8, 4) is 11.5 Å². The van der Waals surface area contributed by atoms with Crippen molar-refractivity contribution in [1.82, 2.24) is 24.7 Å². The molecule has 0 aliphatic carbocycles. The number of hydrogen-bond acceptors (Lipinski definition) is 11. The molecule has 284 valence electrons. The molecule has 2 heterocycles. The summed E-state index contributed by atoms with van der Waals surface area (Å²) in [6.07, 6.45) is -9.56. The molecule has 0 aliphatic heterocycles. The van der Waals surface area contributed by atoms with Crippen molar-refractivity contribution >= 4 is 59.8 Å². The summed E-state index contributed by atoms with van der Waals surface area (Å²) >= 11 is 5.74. The van der Waals surface area contributed by atoms with Crippen LogP contribution in [0.25, 0.3) is 0 Å². The monoisotopic (exact) mass is 772 g/mol. The Morgan fingerprint density at radius 2 is 1.19 bits per heavy atom. The highest BCUT2D eigenvalue weighted by atomic mass is 35.5. The van der Waals surface area contributed by atoms with Crippen LogP contribution in [0.4, 0.5) is 65.0 Å². The number of hydrogen-bond donors (Lipinski definition) is 6. The van der Waals surface area contributed by atoms with E-state index in [1.807, 2.05) is 0 Å². The largest absolute Gasteiger partial charge is 0.573 e. The molecule has 15 nitrogen and oxygen atoms in total. The minimum absolute atomic E-state index is 0.00419. The summed E-state index contributed by atoms with van der Waals surface area (Å²) in [5.74, 6) is -0.240. The topological polar surface area (TPSA) is 188 Å². The lowest BCUT2D eigenvalue weighted by Crippen LogP contribution is -2.36. The molecule has 53 heavy (non-hydrogen) atoms. The lowest BCUT2D eigenvalue weighted by Gasteiger charge is -2.17. The van der Waals surface area contributed by atoms with Gasteiger partial charge in [0, 0.05) is 41.9 Å². The van der Waals surface area contributed by atoms with Gasteiger partial charge in [-0.15, -0.1) is 26.3 Å². The molecule has 0 aliphatic rings. The Hall–Kier alpha value is -5.61. The van der Waals surface area contributed by atoms with Gasteiger partial charge in [-0.3, -0.25) is 10.6 Å². The van der Waals surface area contributed by atoms with Crippen LogP contribution in [0, 0.1) is 13.8 Å². The second-order valence-corrected chi connectivity index (χ2v) is 11.1. The molecule has 0 saturated carbocycles. The van der Waals surface area contributed by atoms with Crippen LogP contribution in [-0.2, 0) is 0 Å². The zero-order chi connectivity index (χ0) is 39.3. The summed E-state index contributed by atoms with van der Waals surface area (Å²) in [7, 11) is 1.20. The minimum Gasteiger partial charge on any atom is -0.437 e. The Kier molecular flexibility index (Phi) is 14.8. The second kappa shape index (κ2) is 18.8. The van der Waals surface area contributed by atoms with Gasteiger partial charge in [0.2, 0.25) is 11.9 Å². The fraction of sp³-hybridized carbons (Fsp3) is 0.267. The Morgan fingerprint density at radius 1 is 0.755 bits per heavy atom. The number of benzene rings is 2. The first-order valence-electron chi connectivity index (χ1n) is 15.1. The van der Waals surface area contributed by atoms with Crippen molar-refractivity contribution < 1.29 is 50.4 Å². The van der Waals surface area contributed by atoms with E-state index in [-0.39, 0.29) is 28.4 Å². The van der Waals surface area contributed by atoms with Crippen LogP contribution in [-0.4, -0.2) is 81.7 Å². The van der Waals surface area contributed by atoms with Gasteiger partial charge in [-0.1, -0.05) is 11.6 Å². The summed E-state index contributed by atoms with van der Waals surface area (Å²) in [5.41, 5.74) is 1.69. The van der Waals surface area contributed by atoms with Crippen LogP contribution >= 0.6 is 11.6 Å². The standard InChI is InChI=1S/C17H22BF3N6O3.C13H10ClF3N4O2/c1-11-10-14(22-8-9-27(3)18(2)29)25-15(23-11)26-16(28)24-12-4-6-13(7-5-12)30-17(19,20)21;1-7-6-10(14)20-11(18-7)21-12(22)19-8-2-4-9(5-3-8)23-13(15,16)17/h4-7,10,29H,8-9H2,1-3H3,(H3,22,23,24,25,26,28);2-6H,1H3,(H2,18,19,20,21,22). The van der Waals surface area contributed by atoms with Crippen LogP contribution < -0.4 is 36.1 Å². The van der Waals surface area contributed by atoms with E-state index in [1.165, 1.54) is 30.3 Å². The van der Waals surface area contributed by atoms with Crippen LogP contribution in [0.5, 0.6) is 11.5 Å². The molecule has 2 aromatic carbocycles. The van der Waals surface area contributed by atoms with Gasteiger partial charge in [0.15, 0.2) is 0 Å². The second-order valence-electron chi connectivity index (χ2n) is 10.7. The normalized spacial score (nSPS) is 11.1. The predicted molar refractivity (Wildman–Crippen MR) is 185 cm³/mol. The zero-order valence-corrected chi connectivity index (χ0v) is 29.0. The lowest BCUT2D eigenvalue weighted by atomic mass is 9.86. The lowest BCUT2D eigenvalue weighted by molar-refractivity contribution is -0.275. The number of aryl methyl sites for hydroxylation is 2. The average Bonchev–Trinajstić information content (AvgIpc) is 3.01. The molecule has 0 fully saturated rings. The number of anilines is 5. The number of alkyl halides is 6. The van der Waals surface area contributed by atoms with Crippen molar-refractivity contribution in [2.75, 3.05) is 46.7 Å². The first kappa shape index (κ1) is 41.8. The van der Waals surface area contributed by atoms with E-state index in [1.54, 1.807) is 38.6 Å². The maximum atomic E-state index is 12.2. The first-order valence-corrected chi connectivity index (χ1v) is 15.5. The molecule has 6 N–H and O–H groups in total. The molecule has 4 amide bonds. The van der Waals surface area contributed by atoms with Crippen molar-refractivity contribution in [2.45, 2.75) is 33.4 Å². The summed E-state index contributed by atoms with van der Waals surface area (Å²) in [4.78, 5) is 41.7. The fourth-order valence-electron chi connectivity index (χ4n) is 3.86. The molecule has 4 aromatic rings. The maximum absolute atomic E-state index is 12.2. The van der Waals surface area contributed by atoms with Crippen LogP contribution in [0.15, 0.2) is 60.7 Å². The van der Waals surface area contributed by atoms with Crippen molar-refractivity contribution in [1.29, 1.82) is 0 Å². The molecule has 0 saturated heterocycles. The van der Waals surface area contributed by atoms with Crippen LogP contribution in [0.2, 0.25) is 12.0 Å². The van der Waals surface area contributed by atoms with Crippen molar-refractivity contribution in [3.63, 3.8) is 0 Å². The van der Waals surface area contributed by atoms with Gasteiger partial charge in [0.25, 0.3) is 0 Å². The molecule has 0 spiro atoms. The highest BCUT2D eigenvalue weighted by molar-refractivity contribution is 6.45. The van der Waals surface area contributed by atoms with Gasteiger partial charge >= 0.3 is 31.8 Å². The number of carbonyl (C=O) groups excluding carboxylic acids is 2.